The second kappa shape index (κ2) is 8.24. The Labute approximate surface area is 167 Å². The number of nitriles is 1. The highest BCUT2D eigenvalue weighted by molar-refractivity contribution is 7.17. The van der Waals surface area contributed by atoms with Crippen LogP contribution in [0.15, 0.2) is 48.7 Å². The van der Waals surface area contributed by atoms with Crippen LogP contribution in [0, 0.1) is 11.3 Å². The first kappa shape index (κ1) is 18.2. The number of amides is 1. The number of pyridine rings is 1. The van der Waals surface area contributed by atoms with Crippen LogP contribution in [-0.4, -0.2) is 17.5 Å². The SMILES string of the molecule is N#CCCCOc1cccnc1NC(=O)c1cc2c(s1)-c1ccccc1CC2. The summed E-state index contributed by atoms with van der Waals surface area (Å²) in [5.41, 5.74) is 3.79. The van der Waals surface area contributed by atoms with E-state index in [0.29, 0.717) is 35.9 Å². The molecule has 1 aliphatic carbocycles. The van der Waals surface area contributed by atoms with E-state index in [1.807, 2.05) is 12.1 Å². The largest absolute Gasteiger partial charge is 0.490 e. The lowest BCUT2D eigenvalue weighted by molar-refractivity contribution is 0.102. The normalized spacial score (nSPS) is 11.8. The zero-order chi connectivity index (χ0) is 19.3. The highest BCUT2D eigenvalue weighted by Gasteiger charge is 2.22. The fourth-order valence-electron chi connectivity index (χ4n) is 3.29. The molecule has 1 aromatic carbocycles. The molecule has 0 unspecified atom stereocenters. The highest BCUT2D eigenvalue weighted by Crippen LogP contribution is 2.39. The van der Waals surface area contributed by atoms with Crippen molar-refractivity contribution in [2.75, 3.05) is 11.9 Å². The van der Waals surface area contributed by atoms with E-state index in [0.717, 1.165) is 12.8 Å². The lowest BCUT2D eigenvalue weighted by Crippen LogP contribution is -2.13. The quantitative estimate of drug-likeness (QED) is 0.612. The van der Waals surface area contributed by atoms with E-state index in [4.69, 9.17) is 10.00 Å². The van der Waals surface area contributed by atoms with E-state index in [2.05, 4.69) is 34.6 Å². The molecule has 2 heterocycles. The number of anilines is 1. The lowest BCUT2D eigenvalue weighted by Gasteiger charge is -2.15. The van der Waals surface area contributed by atoms with Gasteiger partial charge in [-0.25, -0.2) is 4.98 Å². The number of ether oxygens (including phenoxy) is 1. The topological polar surface area (TPSA) is 75.0 Å². The van der Waals surface area contributed by atoms with Gasteiger partial charge in [0.25, 0.3) is 5.91 Å². The number of nitrogens with one attached hydrogen (secondary N) is 1. The van der Waals surface area contributed by atoms with Gasteiger partial charge < -0.3 is 10.1 Å². The van der Waals surface area contributed by atoms with Crippen molar-refractivity contribution < 1.29 is 9.53 Å². The van der Waals surface area contributed by atoms with Gasteiger partial charge in [0.15, 0.2) is 11.6 Å². The van der Waals surface area contributed by atoms with Crippen molar-refractivity contribution in [2.45, 2.75) is 25.7 Å². The smallest absolute Gasteiger partial charge is 0.267 e. The predicted octanol–water partition coefficient (Wildman–Crippen LogP) is 4.84. The molecule has 0 aliphatic heterocycles. The molecule has 0 atom stereocenters. The molecule has 4 rings (SSSR count). The predicted molar refractivity (Wildman–Crippen MR) is 110 cm³/mol. The van der Waals surface area contributed by atoms with Gasteiger partial charge in [-0.15, -0.1) is 11.3 Å². The summed E-state index contributed by atoms with van der Waals surface area (Å²) in [7, 11) is 0. The van der Waals surface area contributed by atoms with Crippen molar-refractivity contribution in [3.63, 3.8) is 0 Å². The maximum atomic E-state index is 12.8. The summed E-state index contributed by atoms with van der Waals surface area (Å²) in [6, 6.07) is 16.0. The molecule has 1 aliphatic rings. The fraction of sp³-hybridized carbons (Fsp3) is 0.227. The summed E-state index contributed by atoms with van der Waals surface area (Å²) in [5, 5.41) is 11.5. The molecule has 6 heteroatoms. The van der Waals surface area contributed by atoms with Crippen LogP contribution in [0.2, 0.25) is 0 Å². The van der Waals surface area contributed by atoms with Gasteiger partial charge in [-0.05, 0) is 54.2 Å². The molecule has 0 saturated carbocycles. The van der Waals surface area contributed by atoms with Crippen LogP contribution in [0.5, 0.6) is 5.75 Å². The Morgan fingerprint density at radius 1 is 1.21 bits per heavy atom. The van der Waals surface area contributed by atoms with E-state index in [1.165, 1.54) is 32.9 Å². The number of nitrogens with zero attached hydrogens (tertiary/aromatic N) is 2. The average Bonchev–Trinajstić information content (AvgIpc) is 3.17. The zero-order valence-corrected chi connectivity index (χ0v) is 16.1. The summed E-state index contributed by atoms with van der Waals surface area (Å²) < 4.78 is 5.68. The van der Waals surface area contributed by atoms with Crippen LogP contribution in [-0.2, 0) is 12.8 Å². The average molecular weight is 389 g/mol. The number of aromatic nitrogens is 1. The van der Waals surface area contributed by atoms with Crippen LogP contribution < -0.4 is 10.1 Å². The Kier molecular flexibility index (Phi) is 5.36. The molecule has 1 amide bonds. The minimum absolute atomic E-state index is 0.183. The Hall–Kier alpha value is -3.17. The number of carbonyl (C=O) groups is 1. The second-order valence-corrected chi connectivity index (χ2v) is 7.59. The summed E-state index contributed by atoms with van der Waals surface area (Å²) in [6.45, 7) is 0.409. The molecule has 0 bridgehead atoms. The molecule has 3 aromatic rings. The molecule has 0 radical (unpaired) electrons. The van der Waals surface area contributed by atoms with Gasteiger partial charge in [0.05, 0.1) is 17.6 Å². The standard InChI is InChI=1S/C22H19N3O2S/c23-11-3-4-13-27-18-8-5-12-24-21(18)25-22(26)19-14-16-10-9-15-6-1-2-7-17(15)20(16)28-19/h1-2,5-8,12,14H,3-4,9-10,13H2,(H,24,25,26). The van der Waals surface area contributed by atoms with E-state index < -0.39 is 0 Å². The van der Waals surface area contributed by atoms with Crippen molar-refractivity contribution in [3.05, 3.63) is 64.7 Å². The first-order valence-corrected chi connectivity index (χ1v) is 10.0. The Morgan fingerprint density at radius 3 is 2.96 bits per heavy atom. The number of fused-ring (bicyclic) bond motifs is 3. The van der Waals surface area contributed by atoms with Crippen LogP contribution in [0.3, 0.4) is 0 Å². The molecular weight excluding hydrogens is 370 g/mol. The van der Waals surface area contributed by atoms with E-state index in [9.17, 15) is 4.79 Å². The number of unbranched alkanes of at least 4 members (excludes halogenated alkanes) is 1. The Balaban J connectivity index is 1.52. The van der Waals surface area contributed by atoms with E-state index in [1.54, 1.807) is 18.3 Å². The monoisotopic (exact) mass is 389 g/mol. The molecule has 5 nitrogen and oxygen atoms in total. The van der Waals surface area contributed by atoms with Crippen LogP contribution >= 0.6 is 11.3 Å². The van der Waals surface area contributed by atoms with Gasteiger partial charge in [0.2, 0.25) is 0 Å². The molecule has 0 spiro atoms. The van der Waals surface area contributed by atoms with Crippen molar-refractivity contribution >= 4 is 23.1 Å². The summed E-state index contributed by atoms with van der Waals surface area (Å²) in [5.74, 6) is 0.731. The van der Waals surface area contributed by atoms with Crippen molar-refractivity contribution in [2.24, 2.45) is 0 Å². The van der Waals surface area contributed by atoms with Crippen molar-refractivity contribution in [1.29, 1.82) is 5.26 Å². The first-order valence-electron chi connectivity index (χ1n) is 9.23. The maximum absolute atomic E-state index is 12.8. The highest BCUT2D eigenvalue weighted by atomic mass is 32.1. The molecule has 28 heavy (non-hydrogen) atoms. The van der Waals surface area contributed by atoms with E-state index >= 15 is 0 Å². The number of hydrogen-bond donors (Lipinski definition) is 1. The Morgan fingerprint density at radius 2 is 2.07 bits per heavy atom. The second-order valence-electron chi connectivity index (χ2n) is 6.54. The van der Waals surface area contributed by atoms with Gasteiger partial charge in [-0.2, -0.15) is 5.26 Å². The summed E-state index contributed by atoms with van der Waals surface area (Å²) in [6.07, 6.45) is 4.64. The number of hydrogen-bond acceptors (Lipinski definition) is 5. The molecule has 0 fully saturated rings. The molecule has 140 valence electrons. The molecule has 2 aromatic heterocycles. The maximum Gasteiger partial charge on any atom is 0.267 e. The van der Waals surface area contributed by atoms with Crippen molar-refractivity contribution in [3.8, 4) is 22.3 Å². The third kappa shape index (κ3) is 3.75. The molecule has 0 saturated heterocycles. The van der Waals surface area contributed by atoms with Crippen LogP contribution in [0.25, 0.3) is 10.4 Å². The number of carbonyl (C=O) groups excluding carboxylic acids is 1. The van der Waals surface area contributed by atoms with Gasteiger partial charge >= 0.3 is 0 Å². The lowest BCUT2D eigenvalue weighted by atomic mass is 9.91. The van der Waals surface area contributed by atoms with Crippen molar-refractivity contribution in [1.82, 2.24) is 4.98 Å². The summed E-state index contributed by atoms with van der Waals surface area (Å²) in [4.78, 5) is 18.9. The summed E-state index contributed by atoms with van der Waals surface area (Å²) >= 11 is 1.52. The molecule has 1 N–H and O–H groups in total. The van der Waals surface area contributed by atoms with Gasteiger partial charge in [-0.1, -0.05) is 24.3 Å². The minimum Gasteiger partial charge on any atom is -0.490 e. The Bertz CT molecular complexity index is 1050. The zero-order valence-electron chi connectivity index (χ0n) is 15.3. The minimum atomic E-state index is -0.183. The van der Waals surface area contributed by atoms with E-state index in [-0.39, 0.29) is 5.91 Å². The van der Waals surface area contributed by atoms with Crippen LogP contribution in [0.1, 0.15) is 33.6 Å². The molecular formula is C22H19N3O2S. The number of benzene rings is 1. The number of aryl methyl sites for hydroxylation is 2. The van der Waals surface area contributed by atoms with Crippen LogP contribution in [0.4, 0.5) is 5.82 Å². The fourth-order valence-corrected chi connectivity index (χ4v) is 4.45. The third-order valence-corrected chi connectivity index (χ3v) is 5.86. The number of thiophene rings is 1. The number of rotatable bonds is 6. The first-order chi connectivity index (χ1) is 13.8. The van der Waals surface area contributed by atoms with Gasteiger partial charge in [-0.3, -0.25) is 4.79 Å². The van der Waals surface area contributed by atoms with Gasteiger partial charge in [0.1, 0.15) is 0 Å². The third-order valence-electron chi connectivity index (χ3n) is 4.65. The van der Waals surface area contributed by atoms with Gasteiger partial charge in [0, 0.05) is 17.5 Å².